The fourth-order valence-electron chi connectivity index (χ4n) is 1.70. The molecule has 0 saturated carbocycles. The molecule has 0 radical (unpaired) electrons. The van der Waals surface area contributed by atoms with Crippen LogP contribution < -0.4 is 5.32 Å². The number of halogens is 1. The van der Waals surface area contributed by atoms with E-state index in [0.717, 1.165) is 0 Å². The van der Waals surface area contributed by atoms with E-state index in [2.05, 4.69) is 15.3 Å². The molecule has 6 nitrogen and oxygen atoms in total. The highest BCUT2D eigenvalue weighted by molar-refractivity contribution is 6.29. The zero-order valence-corrected chi connectivity index (χ0v) is 11.9. The lowest BCUT2D eigenvalue weighted by molar-refractivity contribution is 0.0690. The van der Waals surface area contributed by atoms with Crippen LogP contribution in [0.2, 0.25) is 5.15 Å². The first kappa shape index (κ1) is 14.9. The molecule has 0 aliphatic carbocycles. The van der Waals surface area contributed by atoms with E-state index >= 15 is 0 Å². The van der Waals surface area contributed by atoms with Crippen molar-refractivity contribution in [3.8, 4) is 0 Å². The van der Waals surface area contributed by atoms with E-state index in [9.17, 15) is 9.59 Å². The second-order valence-corrected chi connectivity index (χ2v) is 4.75. The summed E-state index contributed by atoms with van der Waals surface area (Å²) in [5.41, 5.74) is 1.73. The molecule has 0 bridgehead atoms. The Morgan fingerprint density at radius 3 is 2.67 bits per heavy atom. The largest absolute Gasteiger partial charge is 0.477 e. The Morgan fingerprint density at radius 2 is 2.10 bits per heavy atom. The van der Waals surface area contributed by atoms with E-state index in [1.807, 2.05) is 0 Å². The Bertz CT molecular complexity index is 666. The third-order valence-corrected chi connectivity index (χ3v) is 2.87. The number of aromatic carboxylic acids is 1. The molecule has 2 N–H and O–H groups in total. The number of rotatable bonds is 4. The third kappa shape index (κ3) is 4.00. The molecule has 108 valence electrons. The maximum atomic E-state index is 12.0. The van der Waals surface area contributed by atoms with Crippen molar-refractivity contribution in [1.29, 1.82) is 0 Å². The summed E-state index contributed by atoms with van der Waals surface area (Å²) < 4.78 is 0. The molecule has 0 atom stereocenters. The van der Waals surface area contributed by atoms with Gasteiger partial charge in [0.1, 0.15) is 10.8 Å². The fourth-order valence-corrected chi connectivity index (χ4v) is 1.95. The summed E-state index contributed by atoms with van der Waals surface area (Å²) in [5.74, 6) is -1.38. The predicted octanol–water partition coefficient (Wildman–Crippen LogP) is 2.07. The zero-order valence-electron chi connectivity index (χ0n) is 11.1. The number of carbonyl (C=O) groups excluding carboxylic acids is 1. The predicted molar refractivity (Wildman–Crippen MR) is 76.4 cm³/mol. The van der Waals surface area contributed by atoms with E-state index in [1.165, 1.54) is 18.3 Å². The number of amides is 1. The fraction of sp³-hybridized carbons (Fsp3) is 0.143. The molecule has 0 aliphatic rings. The lowest BCUT2D eigenvalue weighted by Crippen LogP contribution is -2.23. The quantitative estimate of drug-likeness (QED) is 0.844. The van der Waals surface area contributed by atoms with Crippen LogP contribution >= 0.6 is 11.6 Å². The maximum Gasteiger partial charge on any atom is 0.354 e. The van der Waals surface area contributed by atoms with Crippen molar-refractivity contribution in [2.45, 2.75) is 13.5 Å². The lowest BCUT2D eigenvalue weighted by Gasteiger charge is -2.06. The molecular formula is C14H12ClN3O3. The first-order valence-corrected chi connectivity index (χ1v) is 6.44. The van der Waals surface area contributed by atoms with Crippen LogP contribution in [0.4, 0.5) is 0 Å². The van der Waals surface area contributed by atoms with Gasteiger partial charge in [-0.05, 0) is 30.7 Å². The number of hydrogen-bond acceptors (Lipinski definition) is 4. The van der Waals surface area contributed by atoms with Crippen LogP contribution in [0.5, 0.6) is 0 Å². The Morgan fingerprint density at radius 1 is 1.33 bits per heavy atom. The molecule has 7 heteroatoms. The van der Waals surface area contributed by atoms with Gasteiger partial charge in [0.25, 0.3) is 5.91 Å². The second-order valence-electron chi connectivity index (χ2n) is 4.36. The van der Waals surface area contributed by atoms with Gasteiger partial charge in [0.15, 0.2) is 0 Å². The number of carboxylic acid groups (broad SMARTS) is 1. The SMILES string of the molecule is Cc1cc(C(=O)NCc2ccc(C(=O)O)nc2)cc(Cl)n1. The van der Waals surface area contributed by atoms with Gasteiger partial charge in [0.05, 0.1) is 0 Å². The minimum absolute atomic E-state index is 0.0402. The van der Waals surface area contributed by atoms with Gasteiger partial charge in [-0.2, -0.15) is 0 Å². The van der Waals surface area contributed by atoms with Crippen LogP contribution in [0.1, 0.15) is 32.1 Å². The minimum atomic E-state index is -1.09. The van der Waals surface area contributed by atoms with Crippen LogP contribution in [0, 0.1) is 6.92 Å². The van der Waals surface area contributed by atoms with E-state index in [-0.39, 0.29) is 23.3 Å². The Hall–Kier alpha value is -2.47. The molecule has 2 rings (SSSR count). The van der Waals surface area contributed by atoms with Gasteiger partial charge in [0, 0.05) is 24.0 Å². The number of nitrogens with zero attached hydrogens (tertiary/aromatic N) is 2. The summed E-state index contributed by atoms with van der Waals surface area (Å²) in [6.07, 6.45) is 1.41. The number of pyridine rings is 2. The average molecular weight is 306 g/mol. The highest BCUT2D eigenvalue weighted by Crippen LogP contribution is 2.10. The summed E-state index contributed by atoms with van der Waals surface area (Å²) >= 11 is 5.80. The van der Waals surface area contributed by atoms with E-state index in [1.54, 1.807) is 19.1 Å². The number of carbonyl (C=O) groups is 2. The summed E-state index contributed by atoms with van der Waals surface area (Å²) in [4.78, 5) is 30.4. The molecule has 2 aromatic rings. The van der Waals surface area contributed by atoms with Gasteiger partial charge in [-0.25, -0.2) is 14.8 Å². The molecule has 0 saturated heterocycles. The molecule has 0 spiro atoms. The molecule has 0 fully saturated rings. The normalized spacial score (nSPS) is 10.2. The number of aromatic nitrogens is 2. The van der Waals surface area contributed by atoms with E-state index < -0.39 is 5.97 Å². The van der Waals surface area contributed by atoms with E-state index in [0.29, 0.717) is 16.8 Å². The second kappa shape index (κ2) is 6.32. The minimum Gasteiger partial charge on any atom is -0.477 e. The summed E-state index contributed by atoms with van der Waals surface area (Å²) in [6, 6.07) is 6.10. The van der Waals surface area contributed by atoms with Gasteiger partial charge in [0.2, 0.25) is 0 Å². The van der Waals surface area contributed by atoms with Crippen molar-refractivity contribution in [2.24, 2.45) is 0 Å². The molecule has 21 heavy (non-hydrogen) atoms. The number of carboxylic acids is 1. The molecular weight excluding hydrogens is 294 g/mol. The highest BCUT2D eigenvalue weighted by atomic mass is 35.5. The smallest absolute Gasteiger partial charge is 0.354 e. The molecule has 1 amide bonds. The monoisotopic (exact) mass is 305 g/mol. The highest BCUT2D eigenvalue weighted by Gasteiger charge is 2.08. The van der Waals surface area contributed by atoms with Crippen molar-refractivity contribution in [3.63, 3.8) is 0 Å². The third-order valence-electron chi connectivity index (χ3n) is 2.68. The zero-order chi connectivity index (χ0) is 15.4. The van der Waals surface area contributed by atoms with E-state index in [4.69, 9.17) is 16.7 Å². The summed E-state index contributed by atoms with van der Waals surface area (Å²) in [5, 5.41) is 11.7. The summed E-state index contributed by atoms with van der Waals surface area (Å²) in [7, 11) is 0. The first-order chi connectivity index (χ1) is 9.95. The number of nitrogens with one attached hydrogen (secondary N) is 1. The first-order valence-electron chi connectivity index (χ1n) is 6.06. The van der Waals surface area contributed by atoms with Crippen molar-refractivity contribution in [2.75, 3.05) is 0 Å². The van der Waals surface area contributed by atoms with Crippen LogP contribution in [0.3, 0.4) is 0 Å². The van der Waals surface area contributed by atoms with Crippen molar-refractivity contribution in [3.05, 3.63) is 58.1 Å². The van der Waals surface area contributed by atoms with Gasteiger partial charge < -0.3 is 10.4 Å². The molecule has 2 aromatic heterocycles. The van der Waals surface area contributed by atoms with Crippen LogP contribution in [0.25, 0.3) is 0 Å². The Kier molecular flexibility index (Phi) is 4.49. The van der Waals surface area contributed by atoms with Crippen LogP contribution in [-0.2, 0) is 6.54 Å². The van der Waals surface area contributed by atoms with Crippen molar-refractivity contribution in [1.82, 2.24) is 15.3 Å². The van der Waals surface area contributed by atoms with Gasteiger partial charge in [-0.3, -0.25) is 4.79 Å². The molecule has 0 unspecified atom stereocenters. The molecule has 0 aliphatic heterocycles. The van der Waals surface area contributed by atoms with Crippen LogP contribution in [-0.4, -0.2) is 27.0 Å². The van der Waals surface area contributed by atoms with Gasteiger partial charge in [-0.15, -0.1) is 0 Å². The maximum absolute atomic E-state index is 12.0. The Balaban J connectivity index is 2.02. The van der Waals surface area contributed by atoms with Gasteiger partial charge in [-0.1, -0.05) is 17.7 Å². The topological polar surface area (TPSA) is 92.2 Å². The number of aryl methyl sites for hydroxylation is 1. The molecule has 0 aromatic carbocycles. The van der Waals surface area contributed by atoms with Gasteiger partial charge >= 0.3 is 5.97 Å². The Labute approximate surface area is 125 Å². The average Bonchev–Trinajstić information content (AvgIpc) is 2.44. The lowest BCUT2D eigenvalue weighted by atomic mass is 10.2. The van der Waals surface area contributed by atoms with Crippen LogP contribution in [0.15, 0.2) is 30.5 Å². The standard InChI is InChI=1S/C14H12ClN3O3/c1-8-4-10(5-12(15)18-8)13(19)17-7-9-2-3-11(14(20)21)16-6-9/h2-6H,7H2,1H3,(H,17,19)(H,20,21). The summed E-state index contributed by atoms with van der Waals surface area (Å²) in [6.45, 7) is 1.99. The number of hydrogen-bond donors (Lipinski definition) is 2. The van der Waals surface area contributed by atoms with Crippen molar-refractivity contribution >= 4 is 23.5 Å². The van der Waals surface area contributed by atoms with Crippen molar-refractivity contribution < 1.29 is 14.7 Å². The molecule has 2 heterocycles.